The molecule has 20 heavy (non-hydrogen) atoms. The monoisotopic (exact) mass is 292 g/mol. The Morgan fingerprint density at radius 2 is 2.00 bits per heavy atom. The van der Waals surface area contributed by atoms with E-state index >= 15 is 0 Å². The van der Waals surface area contributed by atoms with Crippen LogP contribution >= 0.6 is 11.6 Å². The van der Waals surface area contributed by atoms with Crippen molar-refractivity contribution in [3.8, 4) is 0 Å². The molecule has 1 fully saturated rings. The van der Waals surface area contributed by atoms with Crippen molar-refractivity contribution in [3.05, 3.63) is 40.9 Å². The van der Waals surface area contributed by atoms with Gasteiger partial charge in [0.2, 0.25) is 5.91 Å². The third-order valence-electron chi connectivity index (χ3n) is 3.56. The largest absolute Gasteiger partial charge is 0.342 e. The normalized spacial score (nSPS) is 18.2. The Labute approximate surface area is 125 Å². The highest BCUT2D eigenvalue weighted by molar-refractivity contribution is 6.31. The molecule has 1 amide bonds. The number of carbonyl (C=O) groups is 1. The van der Waals surface area contributed by atoms with E-state index in [2.05, 4.69) is 4.90 Å². The van der Waals surface area contributed by atoms with E-state index in [9.17, 15) is 4.79 Å². The van der Waals surface area contributed by atoms with Gasteiger partial charge in [-0.05, 0) is 18.6 Å². The van der Waals surface area contributed by atoms with Gasteiger partial charge in [-0.1, -0.05) is 41.9 Å². The summed E-state index contributed by atoms with van der Waals surface area (Å²) in [6, 6.07) is 10.1. The lowest BCUT2D eigenvalue weighted by Gasteiger charge is -2.20. The van der Waals surface area contributed by atoms with E-state index in [4.69, 9.17) is 11.6 Å². The molecule has 1 heterocycles. The van der Waals surface area contributed by atoms with Crippen molar-refractivity contribution in [2.75, 3.05) is 32.7 Å². The smallest absolute Gasteiger partial charge is 0.223 e. The van der Waals surface area contributed by atoms with E-state index < -0.39 is 0 Å². The average Bonchev–Trinajstić information content (AvgIpc) is 2.62. The first-order valence-electron chi connectivity index (χ1n) is 7.10. The molecular weight excluding hydrogens is 272 g/mol. The maximum absolute atomic E-state index is 11.8. The van der Waals surface area contributed by atoms with Crippen LogP contribution in [0, 0.1) is 0 Å². The lowest BCUT2D eigenvalue weighted by Crippen LogP contribution is -2.33. The van der Waals surface area contributed by atoms with Crippen molar-refractivity contribution >= 4 is 23.6 Å². The summed E-state index contributed by atoms with van der Waals surface area (Å²) in [5.41, 5.74) is 1.11. The van der Waals surface area contributed by atoms with Crippen molar-refractivity contribution < 1.29 is 4.79 Å². The van der Waals surface area contributed by atoms with Crippen LogP contribution in [0.25, 0.3) is 6.08 Å². The van der Waals surface area contributed by atoms with Crippen LogP contribution in [0.5, 0.6) is 0 Å². The number of likely N-dealkylation sites (N-methyl/N-ethyl adjacent to an activating group) is 1. The summed E-state index contributed by atoms with van der Waals surface area (Å²) < 4.78 is 0. The number of hydrogen-bond donors (Lipinski definition) is 0. The zero-order valence-corrected chi connectivity index (χ0v) is 12.6. The van der Waals surface area contributed by atoms with Crippen molar-refractivity contribution in [1.82, 2.24) is 9.80 Å². The van der Waals surface area contributed by atoms with Crippen LogP contribution in [-0.2, 0) is 4.79 Å². The Hall–Kier alpha value is -1.32. The summed E-state index contributed by atoms with van der Waals surface area (Å²) in [7, 11) is 0. The fourth-order valence-electron chi connectivity index (χ4n) is 2.39. The average molecular weight is 293 g/mol. The maximum atomic E-state index is 11.8. The van der Waals surface area contributed by atoms with Crippen LogP contribution in [0.4, 0.5) is 0 Å². The van der Waals surface area contributed by atoms with Gasteiger partial charge in [0, 0.05) is 44.2 Å². The number of rotatable bonds is 4. The van der Waals surface area contributed by atoms with Crippen LogP contribution in [0.15, 0.2) is 35.4 Å². The molecule has 0 aliphatic carbocycles. The second-order valence-electron chi connectivity index (χ2n) is 5.00. The third kappa shape index (κ3) is 4.36. The fraction of sp³-hybridized carbons (Fsp3) is 0.438. The van der Waals surface area contributed by atoms with Crippen LogP contribution in [-0.4, -0.2) is 48.4 Å². The molecule has 1 aromatic rings. The van der Waals surface area contributed by atoms with E-state index in [1.807, 2.05) is 48.2 Å². The van der Waals surface area contributed by atoms with E-state index in [1.54, 1.807) is 0 Å². The first-order valence-corrected chi connectivity index (χ1v) is 7.48. The van der Waals surface area contributed by atoms with Crippen LogP contribution in [0.2, 0.25) is 0 Å². The molecule has 2 rings (SSSR count). The first kappa shape index (κ1) is 15.1. The highest BCUT2D eigenvalue weighted by Crippen LogP contribution is 2.13. The van der Waals surface area contributed by atoms with E-state index in [0.29, 0.717) is 13.0 Å². The Morgan fingerprint density at radius 3 is 2.70 bits per heavy atom. The third-order valence-corrected chi connectivity index (χ3v) is 3.79. The molecule has 1 aliphatic rings. The topological polar surface area (TPSA) is 23.6 Å². The predicted molar refractivity (Wildman–Crippen MR) is 83.6 cm³/mol. The Balaban J connectivity index is 1.93. The van der Waals surface area contributed by atoms with Crippen molar-refractivity contribution in [3.63, 3.8) is 0 Å². The summed E-state index contributed by atoms with van der Waals surface area (Å²) in [6.07, 6.45) is 2.58. The lowest BCUT2D eigenvalue weighted by atomic mass is 10.2. The second-order valence-corrected chi connectivity index (χ2v) is 5.49. The molecule has 0 bridgehead atoms. The lowest BCUT2D eigenvalue weighted by molar-refractivity contribution is -0.130. The minimum Gasteiger partial charge on any atom is -0.342 e. The van der Waals surface area contributed by atoms with Crippen molar-refractivity contribution in [1.29, 1.82) is 0 Å². The van der Waals surface area contributed by atoms with Gasteiger partial charge in [-0.2, -0.15) is 0 Å². The van der Waals surface area contributed by atoms with Gasteiger partial charge in [0.05, 0.1) is 0 Å². The zero-order valence-electron chi connectivity index (χ0n) is 11.9. The number of nitrogens with zero attached hydrogens (tertiary/aromatic N) is 2. The van der Waals surface area contributed by atoms with Gasteiger partial charge < -0.3 is 4.90 Å². The number of halogens is 1. The van der Waals surface area contributed by atoms with Crippen molar-refractivity contribution in [2.24, 2.45) is 0 Å². The zero-order chi connectivity index (χ0) is 14.4. The summed E-state index contributed by atoms with van der Waals surface area (Å²) in [6.45, 7) is 5.99. The Morgan fingerprint density at radius 1 is 1.25 bits per heavy atom. The number of hydrogen-bond acceptors (Lipinski definition) is 2. The molecular formula is C16H21ClN2O. The molecule has 0 spiro atoms. The molecule has 108 valence electrons. The highest BCUT2D eigenvalue weighted by atomic mass is 35.5. The summed E-state index contributed by atoms with van der Waals surface area (Å²) in [5, 5.41) is 0.814. The van der Waals surface area contributed by atoms with Crippen LogP contribution in [0.1, 0.15) is 18.9 Å². The predicted octanol–water partition coefficient (Wildman–Crippen LogP) is 2.82. The van der Waals surface area contributed by atoms with Gasteiger partial charge in [-0.3, -0.25) is 9.69 Å². The first-order chi connectivity index (χ1) is 9.69. The Kier molecular flexibility index (Phi) is 5.62. The highest BCUT2D eigenvalue weighted by Gasteiger charge is 2.19. The van der Waals surface area contributed by atoms with E-state index in [-0.39, 0.29) is 5.91 Å². The number of amides is 1. The van der Waals surface area contributed by atoms with Gasteiger partial charge >= 0.3 is 0 Å². The van der Waals surface area contributed by atoms with Crippen LogP contribution in [0.3, 0.4) is 0 Å². The molecule has 0 unspecified atom stereocenters. The SMILES string of the molecule is CCN1CCN(CC(Cl)=Cc2ccccc2)CCC1=O. The molecule has 0 N–H and O–H groups in total. The van der Waals surface area contributed by atoms with Crippen molar-refractivity contribution in [2.45, 2.75) is 13.3 Å². The maximum Gasteiger partial charge on any atom is 0.223 e. The minimum absolute atomic E-state index is 0.248. The molecule has 0 atom stereocenters. The van der Waals surface area contributed by atoms with Gasteiger partial charge in [-0.15, -0.1) is 0 Å². The summed E-state index contributed by atoms with van der Waals surface area (Å²) in [4.78, 5) is 16.0. The molecule has 0 radical (unpaired) electrons. The standard InChI is InChI=1S/C16H21ClN2O/c1-2-19-11-10-18(9-8-16(19)20)13-15(17)12-14-6-4-3-5-7-14/h3-7,12H,2,8-11,13H2,1H3. The molecule has 4 heteroatoms. The molecule has 0 aromatic heterocycles. The molecule has 3 nitrogen and oxygen atoms in total. The molecule has 1 aliphatic heterocycles. The number of benzene rings is 1. The minimum atomic E-state index is 0.248. The second kappa shape index (κ2) is 7.46. The summed E-state index contributed by atoms with van der Waals surface area (Å²) in [5.74, 6) is 0.248. The van der Waals surface area contributed by atoms with Gasteiger partial charge in [0.15, 0.2) is 0 Å². The Bertz CT molecular complexity index is 473. The van der Waals surface area contributed by atoms with Gasteiger partial charge in [0.1, 0.15) is 0 Å². The molecule has 0 saturated carbocycles. The molecule has 1 saturated heterocycles. The fourth-order valence-corrected chi connectivity index (χ4v) is 2.69. The van der Waals surface area contributed by atoms with Gasteiger partial charge in [0.25, 0.3) is 0 Å². The van der Waals surface area contributed by atoms with Gasteiger partial charge in [-0.25, -0.2) is 0 Å². The summed E-state index contributed by atoms with van der Waals surface area (Å²) >= 11 is 6.33. The quantitative estimate of drug-likeness (QED) is 0.852. The van der Waals surface area contributed by atoms with E-state index in [0.717, 1.165) is 36.8 Å². The van der Waals surface area contributed by atoms with Crippen LogP contribution < -0.4 is 0 Å². The van der Waals surface area contributed by atoms with E-state index in [1.165, 1.54) is 0 Å². The number of carbonyl (C=O) groups excluding carboxylic acids is 1. The molecule has 1 aromatic carbocycles.